The molecule has 0 saturated heterocycles. The lowest BCUT2D eigenvalue weighted by molar-refractivity contribution is -0.116. The highest BCUT2D eigenvalue weighted by atomic mass is 35.5. The predicted molar refractivity (Wildman–Crippen MR) is 74.5 cm³/mol. The first-order valence-corrected chi connectivity index (χ1v) is 6.44. The van der Waals surface area contributed by atoms with Crippen molar-refractivity contribution in [1.82, 2.24) is 15.1 Å². The first-order chi connectivity index (χ1) is 8.41. The van der Waals surface area contributed by atoms with E-state index in [-0.39, 0.29) is 5.91 Å². The summed E-state index contributed by atoms with van der Waals surface area (Å²) in [7, 11) is 1.77. The van der Waals surface area contributed by atoms with E-state index in [4.69, 9.17) is 11.6 Å². The Hall–Kier alpha value is -1.29. The Balaban J connectivity index is 2.56. The van der Waals surface area contributed by atoms with E-state index in [1.807, 2.05) is 6.92 Å². The maximum Gasteiger partial charge on any atom is 0.244 e. The molecule has 0 aliphatic rings. The number of carbonyl (C=O) groups excluding carboxylic acids is 1. The number of hydrogen-bond acceptors (Lipinski definition) is 2. The maximum atomic E-state index is 11.6. The number of aryl methyl sites for hydroxylation is 2. The van der Waals surface area contributed by atoms with Crippen LogP contribution in [0.25, 0.3) is 6.08 Å². The molecule has 0 unspecified atom stereocenters. The van der Waals surface area contributed by atoms with Crippen LogP contribution >= 0.6 is 11.6 Å². The van der Waals surface area contributed by atoms with Gasteiger partial charge in [0.1, 0.15) is 5.15 Å². The summed E-state index contributed by atoms with van der Waals surface area (Å²) in [5, 5.41) is 7.55. The van der Waals surface area contributed by atoms with Crippen LogP contribution in [0, 0.1) is 12.8 Å². The van der Waals surface area contributed by atoms with Crippen molar-refractivity contribution in [3.63, 3.8) is 0 Å². The van der Waals surface area contributed by atoms with Gasteiger partial charge in [-0.1, -0.05) is 25.4 Å². The second-order valence-corrected chi connectivity index (χ2v) is 5.08. The Bertz CT molecular complexity index is 449. The highest BCUT2D eigenvalue weighted by Crippen LogP contribution is 2.19. The van der Waals surface area contributed by atoms with Crippen LogP contribution in [0.5, 0.6) is 0 Å². The summed E-state index contributed by atoms with van der Waals surface area (Å²) < 4.78 is 1.59. The minimum atomic E-state index is -0.102. The molecule has 0 saturated carbocycles. The molecule has 0 fully saturated rings. The molecule has 100 valence electrons. The largest absolute Gasteiger partial charge is 0.353 e. The van der Waals surface area contributed by atoms with Crippen molar-refractivity contribution in [3.05, 3.63) is 22.5 Å². The van der Waals surface area contributed by atoms with Gasteiger partial charge in [0.15, 0.2) is 0 Å². The fourth-order valence-electron chi connectivity index (χ4n) is 1.54. The van der Waals surface area contributed by atoms with Crippen LogP contribution < -0.4 is 5.32 Å². The summed E-state index contributed by atoms with van der Waals surface area (Å²) in [6, 6.07) is 0. The van der Waals surface area contributed by atoms with Crippen LogP contribution in [0.4, 0.5) is 0 Å². The second-order valence-electron chi connectivity index (χ2n) is 4.72. The van der Waals surface area contributed by atoms with Crippen LogP contribution in [0.15, 0.2) is 6.08 Å². The number of carbonyl (C=O) groups is 1. The van der Waals surface area contributed by atoms with Crippen molar-refractivity contribution >= 4 is 23.6 Å². The molecule has 0 aliphatic heterocycles. The number of halogens is 1. The molecule has 0 radical (unpaired) electrons. The van der Waals surface area contributed by atoms with Crippen LogP contribution in [0.2, 0.25) is 5.15 Å². The summed E-state index contributed by atoms with van der Waals surface area (Å²) in [5.74, 6) is 0.485. The Morgan fingerprint density at radius 1 is 1.56 bits per heavy atom. The van der Waals surface area contributed by atoms with E-state index >= 15 is 0 Å². The summed E-state index contributed by atoms with van der Waals surface area (Å²) in [4.78, 5) is 11.6. The van der Waals surface area contributed by atoms with Crippen LogP contribution in [0.3, 0.4) is 0 Å². The zero-order valence-electron chi connectivity index (χ0n) is 11.3. The molecule has 0 aliphatic carbocycles. The van der Waals surface area contributed by atoms with Gasteiger partial charge in [0.25, 0.3) is 0 Å². The molecular weight excluding hydrogens is 250 g/mol. The van der Waals surface area contributed by atoms with Crippen molar-refractivity contribution in [1.29, 1.82) is 0 Å². The summed E-state index contributed by atoms with van der Waals surface area (Å²) in [6.45, 7) is 6.81. The molecule has 0 bridgehead atoms. The average Bonchev–Trinajstić information content (AvgIpc) is 2.50. The summed E-state index contributed by atoms with van der Waals surface area (Å²) >= 11 is 6.06. The van der Waals surface area contributed by atoms with Crippen molar-refractivity contribution in [2.24, 2.45) is 13.0 Å². The number of rotatable bonds is 5. The van der Waals surface area contributed by atoms with Crippen molar-refractivity contribution in [2.45, 2.75) is 27.2 Å². The van der Waals surface area contributed by atoms with E-state index in [0.717, 1.165) is 17.7 Å². The van der Waals surface area contributed by atoms with Gasteiger partial charge in [-0.2, -0.15) is 5.10 Å². The predicted octanol–water partition coefficient (Wildman–Crippen LogP) is 2.56. The molecule has 1 aromatic rings. The number of nitrogens with zero attached hydrogens (tertiary/aromatic N) is 2. The highest BCUT2D eigenvalue weighted by molar-refractivity contribution is 6.31. The zero-order valence-corrected chi connectivity index (χ0v) is 12.1. The molecule has 1 amide bonds. The molecule has 1 aromatic heterocycles. The quantitative estimate of drug-likeness (QED) is 0.835. The van der Waals surface area contributed by atoms with Crippen molar-refractivity contribution < 1.29 is 4.79 Å². The Labute approximate surface area is 113 Å². The lowest BCUT2D eigenvalue weighted by Crippen LogP contribution is -2.23. The SMILES string of the molecule is Cc1nn(C)c(Cl)c1/C=C/C(=O)NCCC(C)C. The monoisotopic (exact) mass is 269 g/mol. The zero-order chi connectivity index (χ0) is 13.7. The molecule has 0 aromatic carbocycles. The number of amides is 1. The van der Waals surface area contributed by atoms with E-state index in [2.05, 4.69) is 24.3 Å². The topological polar surface area (TPSA) is 46.9 Å². The molecule has 18 heavy (non-hydrogen) atoms. The maximum absolute atomic E-state index is 11.6. The Morgan fingerprint density at radius 2 is 2.22 bits per heavy atom. The number of aromatic nitrogens is 2. The molecule has 5 heteroatoms. The van der Waals surface area contributed by atoms with Gasteiger partial charge < -0.3 is 5.32 Å². The van der Waals surface area contributed by atoms with E-state index in [1.165, 1.54) is 6.08 Å². The lowest BCUT2D eigenvalue weighted by atomic mass is 10.1. The van der Waals surface area contributed by atoms with E-state index in [1.54, 1.807) is 17.8 Å². The first-order valence-electron chi connectivity index (χ1n) is 6.06. The highest BCUT2D eigenvalue weighted by Gasteiger charge is 2.08. The first kappa shape index (κ1) is 14.8. The molecule has 4 nitrogen and oxygen atoms in total. The van der Waals surface area contributed by atoms with Gasteiger partial charge in [-0.3, -0.25) is 9.48 Å². The normalized spacial score (nSPS) is 11.4. The lowest BCUT2D eigenvalue weighted by Gasteiger charge is -2.04. The van der Waals surface area contributed by atoms with Gasteiger partial charge in [0, 0.05) is 25.2 Å². The van der Waals surface area contributed by atoms with Gasteiger partial charge in [-0.05, 0) is 25.3 Å². The average molecular weight is 270 g/mol. The van der Waals surface area contributed by atoms with Crippen LogP contribution in [-0.2, 0) is 11.8 Å². The molecule has 0 atom stereocenters. The Morgan fingerprint density at radius 3 is 2.72 bits per heavy atom. The third-order valence-corrected chi connectivity index (χ3v) is 3.07. The smallest absolute Gasteiger partial charge is 0.244 e. The molecular formula is C13H20ClN3O. The number of hydrogen-bond donors (Lipinski definition) is 1. The molecule has 1 heterocycles. The third-order valence-electron chi connectivity index (χ3n) is 2.62. The van der Waals surface area contributed by atoms with Gasteiger partial charge in [0.2, 0.25) is 5.91 Å². The fraction of sp³-hybridized carbons (Fsp3) is 0.538. The van der Waals surface area contributed by atoms with E-state index in [9.17, 15) is 4.79 Å². The van der Waals surface area contributed by atoms with Gasteiger partial charge in [-0.15, -0.1) is 0 Å². The number of nitrogens with one attached hydrogen (secondary N) is 1. The fourth-order valence-corrected chi connectivity index (χ4v) is 1.78. The minimum absolute atomic E-state index is 0.102. The van der Waals surface area contributed by atoms with Crippen molar-refractivity contribution in [3.8, 4) is 0 Å². The van der Waals surface area contributed by atoms with E-state index < -0.39 is 0 Å². The summed E-state index contributed by atoms with van der Waals surface area (Å²) in [6.07, 6.45) is 4.18. The Kier molecular flexibility index (Phi) is 5.41. The van der Waals surface area contributed by atoms with Gasteiger partial charge >= 0.3 is 0 Å². The standard InChI is InChI=1S/C13H20ClN3O/c1-9(2)7-8-15-12(18)6-5-11-10(3)16-17(4)13(11)14/h5-6,9H,7-8H2,1-4H3,(H,15,18)/b6-5+. The van der Waals surface area contributed by atoms with Crippen LogP contribution in [-0.4, -0.2) is 22.2 Å². The van der Waals surface area contributed by atoms with Crippen LogP contribution in [0.1, 0.15) is 31.5 Å². The molecule has 0 spiro atoms. The van der Waals surface area contributed by atoms with Gasteiger partial charge in [-0.25, -0.2) is 0 Å². The second kappa shape index (κ2) is 6.59. The molecule has 1 N–H and O–H groups in total. The minimum Gasteiger partial charge on any atom is -0.353 e. The van der Waals surface area contributed by atoms with Gasteiger partial charge in [0.05, 0.1) is 5.69 Å². The molecule has 1 rings (SSSR count). The van der Waals surface area contributed by atoms with E-state index in [0.29, 0.717) is 17.6 Å². The third kappa shape index (κ3) is 4.18. The van der Waals surface area contributed by atoms with Crippen molar-refractivity contribution in [2.75, 3.05) is 6.54 Å². The summed E-state index contributed by atoms with van der Waals surface area (Å²) in [5.41, 5.74) is 1.60.